The molecule has 0 aromatic heterocycles. The lowest BCUT2D eigenvalue weighted by Gasteiger charge is -2.33. The van der Waals surface area contributed by atoms with Gasteiger partial charge in [0.25, 0.3) is 0 Å². The minimum Gasteiger partial charge on any atom is -0.353 e. The van der Waals surface area contributed by atoms with Gasteiger partial charge in [-0.05, 0) is 62.1 Å². The minimum absolute atomic E-state index is 0.271. The Morgan fingerprint density at radius 1 is 1.08 bits per heavy atom. The highest BCUT2D eigenvalue weighted by Gasteiger charge is 2.34. The number of nitrogens with zero attached hydrogens (tertiary/aromatic N) is 1. The Morgan fingerprint density at radius 3 is 2.38 bits per heavy atom. The van der Waals surface area contributed by atoms with Crippen LogP contribution in [-0.2, 0) is 11.3 Å². The highest BCUT2D eigenvalue weighted by atomic mass is 35.5. The summed E-state index contributed by atoms with van der Waals surface area (Å²) < 4.78 is 0. The first-order valence-corrected chi connectivity index (χ1v) is 10.5. The van der Waals surface area contributed by atoms with Gasteiger partial charge in [-0.25, -0.2) is 0 Å². The molecule has 2 bridgehead atoms. The maximum Gasteiger partial charge on any atom is 0.220 e. The normalized spacial score (nSPS) is 29.7. The SMILES string of the molecule is O=C(CC1CC2CCC(C1)N2)NC1CCN(Cc2ccc(Cl)cc2)CC1. The van der Waals surface area contributed by atoms with E-state index in [1.165, 1.54) is 31.2 Å². The third-order valence-corrected chi connectivity index (χ3v) is 6.57. The molecule has 2 unspecified atom stereocenters. The van der Waals surface area contributed by atoms with E-state index in [0.717, 1.165) is 43.9 Å². The van der Waals surface area contributed by atoms with Gasteiger partial charge in [0.05, 0.1) is 0 Å². The number of piperidine rings is 2. The van der Waals surface area contributed by atoms with E-state index in [2.05, 4.69) is 27.7 Å². The molecule has 0 aliphatic carbocycles. The van der Waals surface area contributed by atoms with Crippen LogP contribution in [0.15, 0.2) is 24.3 Å². The van der Waals surface area contributed by atoms with Crippen LogP contribution in [-0.4, -0.2) is 42.0 Å². The molecule has 5 heteroatoms. The summed E-state index contributed by atoms with van der Waals surface area (Å²) in [7, 11) is 0. The lowest BCUT2D eigenvalue weighted by Crippen LogP contribution is -2.45. The lowest BCUT2D eigenvalue weighted by molar-refractivity contribution is -0.123. The topological polar surface area (TPSA) is 44.4 Å². The van der Waals surface area contributed by atoms with Crippen molar-refractivity contribution in [1.82, 2.24) is 15.5 Å². The fourth-order valence-electron chi connectivity index (χ4n) is 4.97. The fourth-order valence-corrected chi connectivity index (χ4v) is 5.10. The molecular formula is C21H30ClN3O. The Kier molecular flexibility index (Phi) is 5.82. The second-order valence-corrected chi connectivity index (χ2v) is 8.86. The second kappa shape index (κ2) is 8.28. The van der Waals surface area contributed by atoms with Gasteiger partial charge in [0, 0.05) is 49.2 Å². The predicted octanol–water partition coefficient (Wildman–Crippen LogP) is 3.34. The van der Waals surface area contributed by atoms with Crippen molar-refractivity contribution in [3.8, 4) is 0 Å². The van der Waals surface area contributed by atoms with Crippen molar-refractivity contribution in [2.45, 2.75) is 69.6 Å². The molecule has 1 aromatic carbocycles. The summed E-state index contributed by atoms with van der Waals surface area (Å²) in [4.78, 5) is 14.9. The third-order valence-electron chi connectivity index (χ3n) is 6.32. The maximum atomic E-state index is 12.5. The van der Waals surface area contributed by atoms with Gasteiger partial charge < -0.3 is 10.6 Å². The van der Waals surface area contributed by atoms with Crippen LogP contribution < -0.4 is 10.6 Å². The van der Waals surface area contributed by atoms with Crippen molar-refractivity contribution >= 4 is 17.5 Å². The van der Waals surface area contributed by atoms with Crippen LogP contribution in [0.25, 0.3) is 0 Å². The van der Waals surface area contributed by atoms with Gasteiger partial charge in [-0.3, -0.25) is 9.69 Å². The summed E-state index contributed by atoms with van der Waals surface area (Å²) >= 11 is 5.95. The first-order chi connectivity index (χ1) is 12.6. The number of carbonyl (C=O) groups is 1. The molecule has 4 nitrogen and oxygen atoms in total. The monoisotopic (exact) mass is 375 g/mol. The number of hydrogen-bond donors (Lipinski definition) is 2. The van der Waals surface area contributed by atoms with Crippen LogP contribution >= 0.6 is 11.6 Å². The highest BCUT2D eigenvalue weighted by Crippen LogP contribution is 2.32. The first kappa shape index (κ1) is 18.3. The van der Waals surface area contributed by atoms with Crippen molar-refractivity contribution in [2.24, 2.45) is 5.92 Å². The van der Waals surface area contributed by atoms with E-state index in [4.69, 9.17) is 11.6 Å². The van der Waals surface area contributed by atoms with Gasteiger partial charge >= 0.3 is 0 Å². The predicted molar refractivity (Wildman–Crippen MR) is 105 cm³/mol. The van der Waals surface area contributed by atoms with E-state index in [-0.39, 0.29) is 5.91 Å². The number of fused-ring (bicyclic) bond motifs is 2. The molecule has 4 rings (SSSR count). The number of carbonyl (C=O) groups excluding carboxylic acids is 1. The van der Waals surface area contributed by atoms with E-state index in [0.29, 0.717) is 24.0 Å². The van der Waals surface area contributed by atoms with E-state index in [1.54, 1.807) is 0 Å². The molecule has 3 fully saturated rings. The zero-order valence-electron chi connectivity index (χ0n) is 15.4. The summed E-state index contributed by atoms with van der Waals surface area (Å²) in [6.45, 7) is 3.06. The number of nitrogens with one attached hydrogen (secondary N) is 2. The number of hydrogen-bond acceptors (Lipinski definition) is 3. The van der Waals surface area contributed by atoms with E-state index in [9.17, 15) is 4.79 Å². The largest absolute Gasteiger partial charge is 0.353 e. The Balaban J connectivity index is 1.17. The molecule has 0 spiro atoms. The molecule has 0 radical (unpaired) electrons. The summed E-state index contributed by atoms with van der Waals surface area (Å²) in [5, 5.41) is 7.75. The summed E-state index contributed by atoms with van der Waals surface area (Å²) in [6, 6.07) is 9.80. The lowest BCUT2D eigenvalue weighted by atomic mass is 9.89. The molecule has 3 heterocycles. The van der Waals surface area contributed by atoms with Crippen molar-refractivity contribution in [2.75, 3.05) is 13.1 Å². The number of benzene rings is 1. The van der Waals surface area contributed by atoms with Gasteiger partial charge in [0.1, 0.15) is 0 Å². The Morgan fingerprint density at radius 2 is 1.73 bits per heavy atom. The average Bonchev–Trinajstić information content (AvgIpc) is 2.97. The zero-order chi connectivity index (χ0) is 17.9. The van der Waals surface area contributed by atoms with Gasteiger partial charge in [-0.2, -0.15) is 0 Å². The quantitative estimate of drug-likeness (QED) is 0.829. The summed E-state index contributed by atoms with van der Waals surface area (Å²) in [6.07, 6.45) is 7.80. The van der Waals surface area contributed by atoms with Crippen LogP contribution in [0.5, 0.6) is 0 Å². The van der Waals surface area contributed by atoms with E-state index in [1.807, 2.05) is 12.1 Å². The molecule has 26 heavy (non-hydrogen) atoms. The van der Waals surface area contributed by atoms with E-state index >= 15 is 0 Å². The van der Waals surface area contributed by atoms with Crippen LogP contribution in [0.1, 0.15) is 50.5 Å². The van der Waals surface area contributed by atoms with Crippen LogP contribution in [0.4, 0.5) is 0 Å². The van der Waals surface area contributed by atoms with Gasteiger partial charge in [0.2, 0.25) is 5.91 Å². The van der Waals surface area contributed by atoms with Crippen molar-refractivity contribution in [1.29, 1.82) is 0 Å². The van der Waals surface area contributed by atoms with Crippen LogP contribution in [0.3, 0.4) is 0 Å². The van der Waals surface area contributed by atoms with Crippen molar-refractivity contribution < 1.29 is 4.79 Å². The number of halogens is 1. The first-order valence-electron chi connectivity index (χ1n) is 10.2. The molecule has 3 saturated heterocycles. The van der Waals surface area contributed by atoms with Gasteiger partial charge in [0.15, 0.2) is 0 Å². The molecule has 3 aliphatic rings. The number of amides is 1. The van der Waals surface area contributed by atoms with E-state index < -0.39 is 0 Å². The summed E-state index contributed by atoms with van der Waals surface area (Å²) in [5.74, 6) is 0.853. The molecule has 1 aromatic rings. The number of rotatable bonds is 5. The summed E-state index contributed by atoms with van der Waals surface area (Å²) in [5.41, 5.74) is 1.30. The molecule has 3 aliphatic heterocycles. The molecule has 0 saturated carbocycles. The van der Waals surface area contributed by atoms with Crippen molar-refractivity contribution in [3.05, 3.63) is 34.9 Å². The molecular weight excluding hydrogens is 346 g/mol. The minimum atomic E-state index is 0.271. The molecule has 2 atom stereocenters. The highest BCUT2D eigenvalue weighted by molar-refractivity contribution is 6.30. The zero-order valence-corrected chi connectivity index (χ0v) is 16.2. The Labute approximate surface area is 161 Å². The second-order valence-electron chi connectivity index (χ2n) is 8.42. The van der Waals surface area contributed by atoms with Crippen molar-refractivity contribution in [3.63, 3.8) is 0 Å². The third kappa shape index (κ3) is 4.79. The van der Waals surface area contributed by atoms with Crippen LogP contribution in [0, 0.1) is 5.92 Å². The van der Waals surface area contributed by atoms with Gasteiger partial charge in [-0.1, -0.05) is 23.7 Å². The van der Waals surface area contributed by atoms with Gasteiger partial charge in [-0.15, -0.1) is 0 Å². The molecule has 1 amide bonds. The Bertz CT molecular complexity index is 600. The average molecular weight is 376 g/mol. The standard InChI is InChI=1S/C21H30ClN3O/c22-17-3-1-15(2-4-17)14-25-9-7-18(8-10-25)24-21(26)13-16-11-19-5-6-20(12-16)23-19/h1-4,16,18-20,23H,5-14H2,(H,24,26). The maximum absolute atomic E-state index is 12.5. The number of likely N-dealkylation sites (tertiary alicyclic amines) is 1. The Hall–Kier alpha value is -1.10. The molecule has 2 N–H and O–H groups in total. The van der Waals surface area contributed by atoms with Crippen LogP contribution in [0.2, 0.25) is 5.02 Å². The smallest absolute Gasteiger partial charge is 0.220 e. The fraction of sp³-hybridized carbons (Fsp3) is 0.667. The molecule has 142 valence electrons.